The van der Waals surface area contributed by atoms with Crippen molar-refractivity contribution in [3.8, 4) is 5.75 Å². The van der Waals surface area contributed by atoms with Crippen LogP contribution in [0.3, 0.4) is 0 Å². The number of carbonyl (C=O) groups is 1. The average molecular weight is 451 g/mol. The van der Waals surface area contributed by atoms with Gasteiger partial charge in [0.2, 0.25) is 0 Å². The molecule has 1 saturated heterocycles. The van der Waals surface area contributed by atoms with Gasteiger partial charge in [0.25, 0.3) is 0 Å². The van der Waals surface area contributed by atoms with E-state index in [0.29, 0.717) is 50.1 Å². The van der Waals surface area contributed by atoms with E-state index >= 15 is 0 Å². The molecule has 0 amide bonds. The second-order valence-corrected chi connectivity index (χ2v) is 7.90. The van der Waals surface area contributed by atoms with E-state index in [9.17, 15) is 14.3 Å². The van der Waals surface area contributed by atoms with Crippen molar-refractivity contribution in [3.05, 3.63) is 64.9 Å². The zero-order valence-corrected chi connectivity index (χ0v) is 18.3. The van der Waals surface area contributed by atoms with Crippen molar-refractivity contribution in [2.45, 2.75) is 19.1 Å². The maximum atomic E-state index is 13.0. The quantitative estimate of drug-likeness (QED) is 0.592. The number of ether oxygens (including phenoxy) is 2. The molecule has 6 nitrogen and oxygen atoms in total. The summed E-state index contributed by atoms with van der Waals surface area (Å²) in [5, 5.41) is 10.9. The minimum atomic E-state index is -0.672. The van der Waals surface area contributed by atoms with Crippen molar-refractivity contribution in [1.29, 1.82) is 0 Å². The standard InChI is InChI=1S/C23H28ClFN2O4/c1-2-30-23(29)22(17-3-5-18(24)6-4-17)27-13-11-26(12-14-27)15-20(28)16-31-21-9-7-19(25)8-10-21/h3-10,20,22,28H,2,11-16H2,1H3/t20-,22-/m0/s1. The molecule has 1 fully saturated rings. The normalized spacial score (nSPS) is 17.2. The van der Waals surface area contributed by atoms with Crippen LogP contribution >= 0.6 is 11.6 Å². The van der Waals surface area contributed by atoms with Gasteiger partial charge in [-0.05, 0) is 48.9 Å². The molecule has 0 spiro atoms. The fraction of sp³-hybridized carbons (Fsp3) is 0.435. The lowest BCUT2D eigenvalue weighted by Crippen LogP contribution is -2.51. The maximum absolute atomic E-state index is 13.0. The Bertz CT molecular complexity index is 826. The van der Waals surface area contributed by atoms with Crippen molar-refractivity contribution >= 4 is 17.6 Å². The molecule has 3 rings (SSSR count). The number of esters is 1. The summed E-state index contributed by atoms with van der Waals surface area (Å²) >= 11 is 6.00. The second-order valence-electron chi connectivity index (χ2n) is 7.46. The van der Waals surface area contributed by atoms with Crippen molar-refractivity contribution in [2.75, 3.05) is 45.9 Å². The first kappa shape index (κ1) is 23.5. The first-order valence-electron chi connectivity index (χ1n) is 10.4. The Morgan fingerprint density at radius 2 is 1.74 bits per heavy atom. The number of piperazine rings is 1. The Morgan fingerprint density at radius 1 is 1.10 bits per heavy atom. The van der Waals surface area contributed by atoms with Crippen molar-refractivity contribution < 1.29 is 23.8 Å². The van der Waals surface area contributed by atoms with E-state index in [1.165, 1.54) is 24.3 Å². The van der Waals surface area contributed by atoms with Crippen LogP contribution in [0.25, 0.3) is 0 Å². The number of aliphatic hydroxyl groups is 1. The second kappa shape index (κ2) is 11.4. The molecule has 0 bridgehead atoms. The smallest absolute Gasteiger partial charge is 0.328 e. The van der Waals surface area contributed by atoms with Crippen LogP contribution in [0.4, 0.5) is 4.39 Å². The van der Waals surface area contributed by atoms with Gasteiger partial charge >= 0.3 is 5.97 Å². The fourth-order valence-corrected chi connectivity index (χ4v) is 3.77. The van der Waals surface area contributed by atoms with E-state index in [-0.39, 0.29) is 18.4 Å². The summed E-state index contributed by atoms with van der Waals surface area (Å²) < 4.78 is 23.8. The lowest BCUT2D eigenvalue weighted by atomic mass is 10.0. The first-order valence-corrected chi connectivity index (χ1v) is 10.8. The highest BCUT2D eigenvalue weighted by Crippen LogP contribution is 2.25. The summed E-state index contributed by atoms with van der Waals surface area (Å²) in [4.78, 5) is 16.9. The van der Waals surface area contributed by atoms with Gasteiger partial charge in [0.05, 0.1) is 6.61 Å². The lowest BCUT2D eigenvalue weighted by Gasteiger charge is -2.39. The predicted molar refractivity (Wildman–Crippen MR) is 117 cm³/mol. The Morgan fingerprint density at radius 3 is 2.35 bits per heavy atom. The van der Waals surface area contributed by atoms with Gasteiger partial charge in [0, 0.05) is 37.7 Å². The third-order valence-corrected chi connectivity index (χ3v) is 5.44. The number of hydrogen-bond donors (Lipinski definition) is 1. The number of benzene rings is 2. The molecule has 0 aliphatic carbocycles. The number of halogens is 2. The minimum Gasteiger partial charge on any atom is -0.491 e. The summed E-state index contributed by atoms with van der Waals surface area (Å²) in [6.07, 6.45) is -0.672. The van der Waals surface area contributed by atoms with Crippen LogP contribution in [0.1, 0.15) is 18.5 Å². The molecule has 0 unspecified atom stereocenters. The van der Waals surface area contributed by atoms with Gasteiger partial charge in [-0.1, -0.05) is 23.7 Å². The van der Waals surface area contributed by atoms with Crippen LogP contribution in [0.15, 0.2) is 48.5 Å². The van der Waals surface area contributed by atoms with E-state index in [1.54, 1.807) is 19.1 Å². The zero-order valence-electron chi connectivity index (χ0n) is 17.5. The minimum absolute atomic E-state index is 0.127. The third kappa shape index (κ3) is 6.90. The first-order chi connectivity index (χ1) is 15.0. The fourth-order valence-electron chi connectivity index (χ4n) is 3.64. The van der Waals surface area contributed by atoms with Crippen LogP contribution in [0.2, 0.25) is 5.02 Å². The molecule has 8 heteroatoms. The third-order valence-electron chi connectivity index (χ3n) is 5.19. The number of β-amino-alcohol motifs (C(OH)–C–C–N with tert-alkyl or cyclic N) is 1. The SMILES string of the molecule is CCOC(=O)[C@H](c1ccc(Cl)cc1)N1CCN(C[C@H](O)COc2ccc(F)cc2)CC1. The molecule has 0 radical (unpaired) electrons. The highest BCUT2D eigenvalue weighted by atomic mass is 35.5. The number of aliphatic hydroxyl groups excluding tert-OH is 1. The van der Waals surface area contributed by atoms with Gasteiger partial charge in [-0.25, -0.2) is 9.18 Å². The predicted octanol–water partition coefficient (Wildman–Crippen LogP) is 3.14. The van der Waals surface area contributed by atoms with Crippen LogP contribution in [-0.2, 0) is 9.53 Å². The highest BCUT2D eigenvalue weighted by molar-refractivity contribution is 6.30. The molecule has 1 N–H and O–H groups in total. The molecule has 0 saturated carbocycles. The van der Waals surface area contributed by atoms with Gasteiger partial charge in [-0.3, -0.25) is 9.80 Å². The summed E-state index contributed by atoms with van der Waals surface area (Å²) in [5.74, 6) is -0.0815. The number of carbonyl (C=O) groups excluding carboxylic acids is 1. The Hall–Kier alpha value is -2.19. The monoisotopic (exact) mass is 450 g/mol. The van der Waals surface area contributed by atoms with Crippen LogP contribution in [-0.4, -0.2) is 72.9 Å². The highest BCUT2D eigenvalue weighted by Gasteiger charge is 2.32. The van der Waals surface area contributed by atoms with E-state index in [0.717, 1.165) is 5.56 Å². The summed E-state index contributed by atoms with van der Waals surface area (Å²) in [5.41, 5.74) is 0.851. The number of rotatable bonds is 9. The van der Waals surface area contributed by atoms with Crippen LogP contribution in [0, 0.1) is 5.82 Å². The summed E-state index contributed by atoms with van der Waals surface area (Å²) in [7, 11) is 0. The molecular weight excluding hydrogens is 423 g/mol. The van der Waals surface area contributed by atoms with Gasteiger partial charge in [-0.2, -0.15) is 0 Å². The van der Waals surface area contributed by atoms with E-state index < -0.39 is 12.1 Å². The zero-order chi connectivity index (χ0) is 22.2. The molecule has 0 aromatic heterocycles. The maximum Gasteiger partial charge on any atom is 0.328 e. The van der Waals surface area contributed by atoms with Crippen molar-refractivity contribution in [3.63, 3.8) is 0 Å². The largest absolute Gasteiger partial charge is 0.491 e. The lowest BCUT2D eigenvalue weighted by molar-refractivity contribution is -0.150. The molecular formula is C23H28ClFN2O4. The van der Waals surface area contributed by atoms with Crippen LogP contribution < -0.4 is 4.74 Å². The van der Waals surface area contributed by atoms with Crippen LogP contribution in [0.5, 0.6) is 5.75 Å². The summed E-state index contributed by atoms with van der Waals surface area (Å²) in [6, 6.07) is 12.5. The molecule has 168 valence electrons. The van der Waals surface area contributed by atoms with Crippen molar-refractivity contribution in [2.24, 2.45) is 0 Å². The molecule has 2 aromatic carbocycles. The van der Waals surface area contributed by atoms with Gasteiger partial charge in [0.1, 0.15) is 30.3 Å². The average Bonchev–Trinajstić information content (AvgIpc) is 2.76. The van der Waals surface area contributed by atoms with Gasteiger partial charge in [0.15, 0.2) is 0 Å². The van der Waals surface area contributed by atoms with E-state index in [2.05, 4.69) is 9.80 Å². The molecule has 2 atom stereocenters. The van der Waals surface area contributed by atoms with E-state index in [1.807, 2.05) is 12.1 Å². The van der Waals surface area contributed by atoms with Gasteiger partial charge in [-0.15, -0.1) is 0 Å². The molecule has 1 aliphatic heterocycles. The molecule has 1 heterocycles. The number of nitrogens with zero attached hydrogens (tertiary/aromatic N) is 2. The Labute approximate surface area is 187 Å². The summed E-state index contributed by atoms with van der Waals surface area (Å²) in [6.45, 7) is 5.44. The Balaban J connectivity index is 1.51. The molecule has 1 aliphatic rings. The van der Waals surface area contributed by atoms with Gasteiger partial charge < -0.3 is 14.6 Å². The Kier molecular flexibility index (Phi) is 8.66. The topological polar surface area (TPSA) is 62.2 Å². The molecule has 2 aromatic rings. The van der Waals surface area contributed by atoms with Crippen molar-refractivity contribution in [1.82, 2.24) is 9.80 Å². The van der Waals surface area contributed by atoms with E-state index in [4.69, 9.17) is 21.1 Å². The molecule has 31 heavy (non-hydrogen) atoms. The number of hydrogen-bond acceptors (Lipinski definition) is 6.